The van der Waals surface area contributed by atoms with Crippen molar-refractivity contribution in [1.29, 1.82) is 0 Å². The molecule has 0 saturated carbocycles. The van der Waals surface area contributed by atoms with Gasteiger partial charge in [0.2, 0.25) is 0 Å². The van der Waals surface area contributed by atoms with E-state index in [4.69, 9.17) is 20.6 Å². The molecule has 23 heavy (non-hydrogen) atoms. The fraction of sp³-hybridized carbons (Fsp3) is 0.308. The molecular weight excluding hydrogens is 320 g/mol. The lowest BCUT2D eigenvalue weighted by molar-refractivity contribution is 0.204. The van der Waals surface area contributed by atoms with Crippen LogP contribution >= 0.6 is 11.3 Å². The van der Waals surface area contributed by atoms with E-state index in [1.165, 1.54) is 11.3 Å². The van der Waals surface area contributed by atoms with Gasteiger partial charge >= 0.3 is 6.03 Å². The van der Waals surface area contributed by atoms with E-state index in [9.17, 15) is 4.79 Å². The van der Waals surface area contributed by atoms with Crippen LogP contribution in [0.2, 0.25) is 0 Å². The van der Waals surface area contributed by atoms with Crippen molar-refractivity contribution in [3.63, 3.8) is 0 Å². The van der Waals surface area contributed by atoms with Gasteiger partial charge in [-0.05, 0) is 12.1 Å². The first-order valence-electron chi connectivity index (χ1n) is 6.73. The maximum atomic E-state index is 10.7. The highest BCUT2D eigenvalue weighted by molar-refractivity contribution is 7.19. The number of furan rings is 1. The van der Waals surface area contributed by atoms with Crippen LogP contribution in [0.4, 0.5) is 14.9 Å². The van der Waals surface area contributed by atoms with Crippen molar-refractivity contribution in [3.8, 4) is 11.5 Å². The van der Waals surface area contributed by atoms with Gasteiger partial charge in [0.1, 0.15) is 11.5 Å². The molecule has 0 aliphatic rings. The van der Waals surface area contributed by atoms with Gasteiger partial charge in [-0.2, -0.15) is 0 Å². The summed E-state index contributed by atoms with van der Waals surface area (Å²) in [6, 6.07) is 2.85. The number of hydrogen-bond donors (Lipinski definition) is 4. The minimum atomic E-state index is -0.617. The molecule has 2 aromatic heterocycles. The predicted octanol–water partition coefficient (Wildman–Crippen LogP) is 1.05. The van der Waals surface area contributed by atoms with Crippen LogP contribution in [0.5, 0.6) is 0 Å². The van der Waals surface area contributed by atoms with E-state index >= 15 is 0 Å². The van der Waals surface area contributed by atoms with Gasteiger partial charge in [-0.25, -0.2) is 14.8 Å². The van der Waals surface area contributed by atoms with Gasteiger partial charge in [0.05, 0.1) is 19.5 Å². The first-order chi connectivity index (χ1) is 11.1. The van der Waals surface area contributed by atoms with Crippen molar-refractivity contribution in [2.24, 2.45) is 10.7 Å². The molecule has 2 heterocycles. The van der Waals surface area contributed by atoms with Crippen molar-refractivity contribution in [2.45, 2.75) is 6.54 Å². The van der Waals surface area contributed by atoms with E-state index in [2.05, 4.69) is 20.6 Å². The molecule has 0 fully saturated rings. The summed E-state index contributed by atoms with van der Waals surface area (Å²) in [6.45, 7) is 1.43. The zero-order valence-electron chi connectivity index (χ0n) is 12.5. The Morgan fingerprint density at radius 3 is 3.13 bits per heavy atom. The summed E-state index contributed by atoms with van der Waals surface area (Å²) in [4.78, 5) is 19.2. The topological polar surface area (TPSA) is 141 Å². The molecule has 0 aromatic carbocycles. The molecule has 0 unspecified atom stereocenters. The number of primary amides is 1. The van der Waals surface area contributed by atoms with Crippen LogP contribution in [0, 0.1) is 0 Å². The Hall–Kier alpha value is -2.59. The molecule has 0 saturated heterocycles. The zero-order chi connectivity index (χ0) is 16.7. The van der Waals surface area contributed by atoms with Crippen LogP contribution in [0.3, 0.4) is 0 Å². The zero-order valence-corrected chi connectivity index (χ0v) is 13.4. The minimum Gasteiger partial charge on any atom is -0.457 e. The van der Waals surface area contributed by atoms with E-state index < -0.39 is 6.03 Å². The number of nitrogens with one attached hydrogen (secondary N) is 2. The summed E-state index contributed by atoms with van der Waals surface area (Å²) in [5, 5.41) is 6.45. The van der Waals surface area contributed by atoms with Crippen LogP contribution in [0.25, 0.3) is 11.5 Å². The summed E-state index contributed by atoms with van der Waals surface area (Å²) in [6.07, 6.45) is 1.56. The molecule has 0 atom stereocenters. The number of nitrogens with two attached hydrogens (primary N) is 2. The van der Waals surface area contributed by atoms with Gasteiger partial charge in [-0.15, -0.1) is 0 Å². The molecule has 9 nitrogen and oxygen atoms in total. The molecule has 2 aromatic rings. The number of ether oxygens (including phenoxy) is 1. The molecule has 124 valence electrons. The van der Waals surface area contributed by atoms with Crippen molar-refractivity contribution in [1.82, 2.24) is 15.6 Å². The molecule has 2 rings (SSSR count). The van der Waals surface area contributed by atoms with Crippen LogP contribution in [-0.4, -0.2) is 37.6 Å². The average molecular weight is 338 g/mol. The Morgan fingerprint density at radius 2 is 2.39 bits per heavy atom. The van der Waals surface area contributed by atoms with E-state index in [0.29, 0.717) is 40.5 Å². The fourth-order valence-electron chi connectivity index (χ4n) is 1.68. The molecule has 6 N–H and O–H groups in total. The second-order valence-electron chi connectivity index (χ2n) is 4.39. The highest BCUT2D eigenvalue weighted by atomic mass is 32.1. The Bertz CT molecular complexity index is 681. The lowest BCUT2D eigenvalue weighted by atomic mass is 10.3. The third kappa shape index (κ3) is 4.97. The number of thiazole rings is 1. The SMILES string of the molecule is COCCNC=Nc1sc(N)nc1-c1ccc(CNC(N)=O)o1. The highest BCUT2D eigenvalue weighted by Gasteiger charge is 2.15. The number of carbonyl (C=O) groups excluding carboxylic acids is 1. The van der Waals surface area contributed by atoms with Crippen molar-refractivity contribution < 1.29 is 13.9 Å². The van der Waals surface area contributed by atoms with Crippen LogP contribution in [-0.2, 0) is 11.3 Å². The van der Waals surface area contributed by atoms with Crippen LogP contribution < -0.4 is 22.1 Å². The largest absolute Gasteiger partial charge is 0.457 e. The molecule has 0 aliphatic heterocycles. The summed E-state index contributed by atoms with van der Waals surface area (Å²) in [5.74, 6) is 1.07. The van der Waals surface area contributed by atoms with Crippen molar-refractivity contribution in [3.05, 3.63) is 17.9 Å². The van der Waals surface area contributed by atoms with Gasteiger partial charge in [0.25, 0.3) is 0 Å². The van der Waals surface area contributed by atoms with Crippen LogP contribution in [0.15, 0.2) is 21.5 Å². The highest BCUT2D eigenvalue weighted by Crippen LogP contribution is 2.37. The predicted molar refractivity (Wildman–Crippen MR) is 88.7 cm³/mol. The number of nitrogen functional groups attached to an aromatic ring is 1. The third-order valence-corrected chi connectivity index (χ3v) is 3.47. The molecule has 0 radical (unpaired) electrons. The summed E-state index contributed by atoms with van der Waals surface area (Å²) in [7, 11) is 1.63. The van der Waals surface area contributed by atoms with Crippen LogP contribution in [0.1, 0.15) is 5.76 Å². The smallest absolute Gasteiger partial charge is 0.312 e. The number of carbonyl (C=O) groups is 1. The number of aromatic nitrogens is 1. The van der Waals surface area contributed by atoms with Crippen molar-refractivity contribution in [2.75, 3.05) is 26.0 Å². The molecular formula is C13H18N6O3S. The number of anilines is 1. The second-order valence-corrected chi connectivity index (χ2v) is 5.40. The molecule has 0 aliphatic carbocycles. The van der Waals surface area contributed by atoms with E-state index in [0.717, 1.165) is 0 Å². The van der Waals surface area contributed by atoms with Gasteiger partial charge in [0.15, 0.2) is 15.9 Å². The number of hydrogen-bond acceptors (Lipinski definition) is 7. The van der Waals surface area contributed by atoms with Crippen molar-refractivity contribution >= 4 is 33.8 Å². The second kappa shape index (κ2) is 8.15. The van der Waals surface area contributed by atoms with Gasteiger partial charge in [-0.1, -0.05) is 11.3 Å². The number of urea groups is 1. The first-order valence-corrected chi connectivity index (χ1v) is 7.55. The van der Waals surface area contributed by atoms with E-state index in [-0.39, 0.29) is 6.54 Å². The number of methoxy groups -OCH3 is 1. The molecule has 10 heteroatoms. The van der Waals surface area contributed by atoms with E-state index in [1.807, 2.05) is 0 Å². The fourth-order valence-corrected chi connectivity index (χ4v) is 2.36. The molecule has 2 amide bonds. The number of aliphatic imine (C=N–C) groups is 1. The van der Waals surface area contributed by atoms with Gasteiger partial charge < -0.3 is 31.3 Å². The molecule has 0 bridgehead atoms. The number of rotatable bonds is 8. The lowest BCUT2D eigenvalue weighted by Gasteiger charge is -1.98. The minimum absolute atomic E-state index is 0.201. The Labute approximate surface area is 136 Å². The monoisotopic (exact) mass is 338 g/mol. The molecule has 0 spiro atoms. The first kappa shape index (κ1) is 16.8. The number of amides is 2. The maximum Gasteiger partial charge on any atom is 0.312 e. The standard InChI is InChI=1S/C13H18N6O3S/c1-21-5-4-16-7-18-11-10(19-13(15)23-11)9-3-2-8(22-9)6-17-12(14)20/h2-3,7H,4-6H2,1H3,(H2,15,19)(H,16,18)(H3,14,17,20). The van der Waals surface area contributed by atoms with Gasteiger partial charge in [0, 0.05) is 13.7 Å². The summed E-state index contributed by atoms with van der Waals surface area (Å²) >= 11 is 1.25. The third-order valence-electron chi connectivity index (χ3n) is 2.68. The lowest BCUT2D eigenvalue weighted by Crippen LogP contribution is -2.28. The average Bonchev–Trinajstić information content (AvgIpc) is 3.11. The summed E-state index contributed by atoms with van der Waals surface area (Å²) in [5.41, 5.74) is 11.3. The quantitative estimate of drug-likeness (QED) is 0.322. The Balaban J connectivity index is 2.08. The maximum absolute atomic E-state index is 10.7. The normalized spacial score (nSPS) is 11.0. The van der Waals surface area contributed by atoms with Gasteiger partial charge in [-0.3, -0.25) is 0 Å². The summed E-state index contributed by atoms with van der Waals surface area (Å²) < 4.78 is 10.5. The number of nitrogens with zero attached hydrogens (tertiary/aromatic N) is 2. The van der Waals surface area contributed by atoms with E-state index in [1.54, 1.807) is 25.6 Å². The Kier molecular flexibility index (Phi) is 5.94. The Morgan fingerprint density at radius 1 is 1.57 bits per heavy atom.